The molecule has 0 bridgehead atoms. The number of aromatic nitrogens is 2. The van der Waals surface area contributed by atoms with Crippen LogP contribution in [-0.4, -0.2) is 23.3 Å². The summed E-state index contributed by atoms with van der Waals surface area (Å²) in [5.74, 6) is 2.46. The predicted octanol–water partition coefficient (Wildman–Crippen LogP) is 2.02. The normalized spacial score (nSPS) is 25.3. The van der Waals surface area contributed by atoms with Crippen LogP contribution >= 0.6 is 0 Å². The highest BCUT2D eigenvalue weighted by molar-refractivity contribution is 5.42. The highest BCUT2D eigenvalue weighted by Crippen LogP contribution is 2.37. The van der Waals surface area contributed by atoms with Crippen molar-refractivity contribution in [3.05, 3.63) is 41.5 Å². The number of para-hydroxylation sites is 1. The van der Waals surface area contributed by atoms with Crippen molar-refractivity contribution in [3.63, 3.8) is 0 Å². The molecule has 0 saturated carbocycles. The minimum absolute atomic E-state index is 0.0927. The summed E-state index contributed by atoms with van der Waals surface area (Å²) in [5.41, 5.74) is 1.15. The SMILES string of the molecule is c1ccc2c(c1)OCC2c1noc([C@H]2CCCN2)n1. The topological polar surface area (TPSA) is 60.2 Å². The average molecular weight is 257 g/mol. The summed E-state index contributed by atoms with van der Waals surface area (Å²) in [6, 6.07) is 8.26. The van der Waals surface area contributed by atoms with Crippen LogP contribution in [0, 0.1) is 0 Å². The summed E-state index contributed by atoms with van der Waals surface area (Å²) < 4.78 is 11.1. The van der Waals surface area contributed by atoms with Crippen LogP contribution in [0.25, 0.3) is 0 Å². The number of rotatable bonds is 2. The summed E-state index contributed by atoms with van der Waals surface area (Å²) in [5, 5.41) is 7.50. The lowest BCUT2D eigenvalue weighted by atomic mass is 10.0. The second-order valence-corrected chi connectivity index (χ2v) is 5.04. The van der Waals surface area contributed by atoms with Crippen molar-refractivity contribution in [3.8, 4) is 5.75 Å². The van der Waals surface area contributed by atoms with Crippen molar-refractivity contribution in [2.45, 2.75) is 24.8 Å². The van der Waals surface area contributed by atoms with Gasteiger partial charge in [-0.2, -0.15) is 4.98 Å². The molecule has 5 heteroatoms. The van der Waals surface area contributed by atoms with E-state index in [1.807, 2.05) is 18.2 Å². The molecule has 0 radical (unpaired) electrons. The Kier molecular flexibility index (Phi) is 2.51. The number of hydrogen-bond donors (Lipinski definition) is 1. The van der Waals surface area contributed by atoms with Gasteiger partial charge in [0.15, 0.2) is 5.82 Å². The van der Waals surface area contributed by atoms with E-state index in [4.69, 9.17) is 9.26 Å². The molecule has 3 heterocycles. The molecule has 2 aromatic rings. The van der Waals surface area contributed by atoms with E-state index in [1.165, 1.54) is 0 Å². The third-order valence-corrected chi connectivity index (χ3v) is 3.83. The lowest BCUT2D eigenvalue weighted by Gasteiger charge is -2.03. The Bertz CT molecular complexity index is 590. The van der Waals surface area contributed by atoms with Crippen LogP contribution < -0.4 is 10.1 Å². The van der Waals surface area contributed by atoms with E-state index in [0.29, 0.717) is 12.5 Å². The Morgan fingerprint density at radius 1 is 1.26 bits per heavy atom. The average Bonchev–Trinajstić information content (AvgIpc) is 3.18. The van der Waals surface area contributed by atoms with Gasteiger partial charge in [0.05, 0.1) is 12.0 Å². The Morgan fingerprint density at radius 2 is 2.21 bits per heavy atom. The monoisotopic (exact) mass is 257 g/mol. The molecule has 1 saturated heterocycles. The summed E-state index contributed by atoms with van der Waals surface area (Å²) in [6.45, 7) is 1.62. The molecule has 0 spiro atoms. The molecule has 98 valence electrons. The fraction of sp³-hybridized carbons (Fsp3) is 0.429. The molecule has 1 fully saturated rings. The standard InChI is InChI=1S/C14H15N3O2/c1-2-6-12-9(4-1)10(8-18-12)13-16-14(19-17-13)11-5-3-7-15-11/h1-2,4,6,10-11,15H,3,5,7-8H2/t10?,11-/m1/s1. The van der Waals surface area contributed by atoms with E-state index in [1.54, 1.807) is 0 Å². The Hall–Kier alpha value is -1.88. The molecule has 4 rings (SSSR count). The maximum atomic E-state index is 5.66. The first-order chi connectivity index (χ1) is 9.42. The number of benzene rings is 1. The van der Waals surface area contributed by atoms with Gasteiger partial charge in [0.1, 0.15) is 12.4 Å². The minimum atomic E-state index is 0.0927. The largest absolute Gasteiger partial charge is 0.492 e. The smallest absolute Gasteiger partial charge is 0.243 e. The molecule has 19 heavy (non-hydrogen) atoms. The van der Waals surface area contributed by atoms with E-state index < -0.39 is 0 Å². The molecule has 0 aliphatic carbocycles. The number of fused-ring (bicyclic) bond motifs is 1. The predicted molar refractivity (Wildman–Crippen MR) is 68.1 cm³/mol. The fourth-order valence-electron chi connectivity index (χ4n) is 2.80. The number of nitrogens with zero attached hydrogens (tertiary/aromatic N) is 2. The zero-order valence-electron chi connectivity index (χ0n) is 10.5. The Morgan fingerprint density at radius 3 is 3.11 bits per heavy atom. The summed E-state index contributed by atoms with van der Waals surface area (Å²) in [4.78, 5) is 4.55. The molecule has 1 aromatic carbocycles. The summed E-state index contributed by atoms with van der Waals surface area (Å²) >= 11 is 0. The molecular weight excluding hydrogens is 242 g/mol. The molecule has 2 atom stereocenters. The molecular formula is C14H15N3O2. The van der Waals surface area contributed by atoms with E-state index in [-0.39, 0.29) is 12.0 Å². The van der Waals surface area contributed by atoms with Gasteiger partial charge in [-0.1, -0.05) is 23.4 Å². The van der Waals surface area contributed by atoms with Crippen molar-refractivity contribution in [2.24, 2.45) is 0 Å². The first-order valence-electron chi connectivity index (χ1n) is 6.70. The van der Waals surface area contributed by atoms with Crippen molar-refractivity contribution < 1.29 is 9.26 Å². The van der Waals surface area contributed by atoms with Crippen LogP contribution in [-0.2, 0) is 0 Å². The number of ether oxygens (including phenoxy) is 1. The van der Waals surface area contributed by atoms with Gasteiger partial charge < -0.3 is 14.6 Å². The summed E-state index contributed by atoms with van der Waals surface area (Å²) in [7, 11) is 0. The van der Waals surface area contributed by atoms with Gasteiger partial charge in [-0.05, 0) is 25.5 Å². The second-order valence-electron chi connectivity index (χ2n) is 5.04. The van der Waals surface area contributed by atoms with Crippen LogP contribution in [0.15, 0.2) is 28.8 Å². The van der Waals surface area contributed by atoms with Crippen LogP contribution in [0.2, 0.25) is 0 Å². The van der Waals surface area contributed by atoms with Gasteiger partial charge >= 0.3 is 0 Å². The van der Waals surface area contributed by atoms with E-state index in [2.05, 4.69) is 21.5 Å². The molecule has 2 aliphatic rings. The number of hydrogen-bond acceptors (Lipinski definition) is 5. The van der Waals surface area contributed by atoms with Crippen molar-refractivity contribution in [1.82, 2.24) is 15.5 Å². The zero-order valence-corrected chi connectivity index (χ0v) is 10.5. The lowest BCUT2D eigenvalue weighted by Crippen LogP contribution is -2.13. The van der Waals surface area contributed by atoms with Gasteiger partial charge in [-0.25, -0.2) is 0 Å². The van der Waals surface area contributed by atoms with Crippen LogP contribution in [0.4, 0.5) is 0 Å². The zero-order chi connectivity index (χ0) is 12.7. The second kappa shape index (κ2) is 4.35. The minimum Gasteiger partial charge on any atom is -0.492 e. The van der Waals surface area contributed by atoms with E-state index >= 15 is 0 Å². The van der Waals surface area contributed by atoms with Crippen molar-refractivity contribution in [1.29, 1.82) is 0 Å². The van der Waals surface area contributed by atoms with Gasteiger partial charge in [0.2, 0.25) is 5.89 Å². The molecule has 1 N–H and O–H groups in total. The molecule has 1 unspecified atom stereocenters. The van der Waals surface area contributed by atoms with E-state index in [0.717, 1.165) is 36.5 Å². The van der Waals surface area contributed by atoms with Gasteiger partial charge in [0.25, 0.3) is 0 Å². The van der Waals surface area contributed by atoms with Gasteiger partial charge in [0, 0.05) is 5.56 Å². The highest BCUT2D eigenvalue weighted by atomic mass is 16.5. The molecule has 1 aromatic heterocycles. The van der Waals surface area contributed by atoms with Gasteiger partial charge in [-0.15, -0.1) is 0 Å². The molecule has 0 amide bonds. The first-order valence-corrected chi connectivity index (χ1v) is 6.70. The first kappa shape index (κ1) is 11.0. The maximum Gasteiger partial charge on any atom is 0.243 e. The Balaban J connectivity index is 1.63. The lowest BCUT2D eigenvalue weighted by molar-refractivity contribution is 0.324. The van der Waals surface area contributed by atoms with Crippen molar-refractivity contribution in [2.75, 3.05) is 13.2 Å². The molecule has 5 nitrogen and oxygen atoms in total. The number of nitrogens with one attached hydrogen (secondary N) is 1. The van der Waals surface area contributed by atoms with Crippen LogP contribution in [0.3, 0.4) is 0 Å². The molecule has 2 aliphatic heterocycles. The van der Waals surface area contributed by atoms with Gasteiger partial charge in [-0.3, -0.25) is 0 Å². The maximum absolute atomic E-state index is 5.66. The van der Waals surface area contributed by atoms with E-state index in [9.17, 15) is 0 Å². The van der Waals surface area contributed by atoms with Crippen molar-refractivity contribution >= 4 is 0 Å². The third-order valence-electron chi connectivity index (χ3n) is 3.83. The summed E-state index contributed by atoms with van der Waals surface area (Å²) in [6.07, 6.45) is 2.23. The third kappa shape index (κ3) is 1.81. The fourth-order valence-corrected chi connectivity index (χ4v) is 2.80. The highest BCUT2D eigenvalue weighted by Gasteiger charge is 2.31. The van der Waals surface area contributed by atoms with Crippen LogP contribution in [0.1, 0.15) is 42.1 Å². The quantitative estimate of drug-likeness (QED) is 0.891. The Labute approximate surface area is 111 Å². The van der Waals surface area contributed by atoms with Crippen LogP contribution in [0.5, 0.6) is 5.75 Å².